The average Bonchev–Trinajstić information content (AvgIpc) is 2.46. The molecule has 5 heteroatoms. The first-order chi connectivity index (χ1) is 9.65. The highest BCUT2D eigenvalue weighted by Crippen LogP contribution is 2.17. The molecule has 0 atom stereocenters. The molecular formula is C15H19N3O2. The molecule has 0 saturated carbocycles. The summed E-state index contributed by atoms with van der Waals surface area (Å²) in [5.74, 6) is -0.0699. The van der Waals surface area contributed by atoms with Gasteiger partial charge >= 0.3 is 0 Å². The zero-order chi connectivity index (χ0) is 14.5. The highest BCUT2D eigenvalue weighted by Gasteiger charge is 2.20. The largest absolute Gasteiger partial charge is 0.396 e. The molecule has 1 aromatic carbocycles. The molecule has 2 aromatic rings. The normalized spacial score (nSPS) is 11.0. The molecule has 0 aliphatic carbocycles. The van der Waals surface area contributed by atoms with Gasteiger partial charge in [0.05, 0.1) is 11.1 Å². The number of aliphatic hydroxyl groups excluding tert-OH is 1. The van der Waals surface area contributed by atoms with E-state index in [-0.39, 0.29) is 18.6 Å². The summed E-state index contributed by atoms with van der Waals surface area (Å²) < 4.78 is 0. The van der Waals surface area contributed by atoms with E-state index in [1.165, 1.54) is 0 Å². The minimum atomic E-state index is -0.0699. The molecule has 20 heavy (non-hydrogen) atoms. The van der Waals surface area contributed by atoms with E-state index in [1.807, 2.05) is 26.0 Å². The predicted molar refractivity (Wildman–Crippen MR) is 77.4 cm³/mol. The highest BCUT2D eigenvalue weighted by atomic mass is 16.3. The fourth-order valence-electron chi connectivity index (χ4n) is 2.16. The molecule has 1 amide bonds. The number of benzene rings is 1. The van der Waals surface area contributed by atoms with Crippen LogP contribution in [0.1, 0.15) is 30.6 Å². The number of amides is 1. The Morgan fingerprint density at radius 1 is 1.30 bits per heavy atom. The van der Waals surface area contributed by atoms with Crippen molar-refractivity contribution < 1.29 is 9.90 Å². The van der Waals surface area contributed by atoms with E-state index in [4.69, 9.17) is 5.11 Å². The molecule has 2 rings (SSSR count). The van der Waals surface area contributed by atoms with Crippen molar-refractivity contribution >= 4 is 16.9 Å². The maximum atomic E-state index is 12.7. The molecule has 0 radical (unpaired) electrons. The number of carbonyl (C=O) groups excluding carboxylic acids is 1. The van der Waals surface area contributed by atoms with E-state index >= 15 is 0 Å². The lowest BCUT2D eigenvalue weighted by atomic mass is 10.1. The summed E-state index contributed by atoms with van der Waals surface area (Å²) in [7, 11) is 0. The molecule has 0 bridgehead atoms. The van der Waals surface area contributed by atoms with Crippen LogP contribution in [0.15, 0.2) is 30.6 Å². The van der Waals surface area contributed by atoms with Gasteiger partial charge in [0, 0.05) is 31.6 Å². The maximum Gasteiger partial charge on any atom is 0.256 e. The van der Waals surface area contributed by atoms with E-state index in [0.29, 0.717) is 29.6 Å². The average molecular weight is 273 g/mol. The van der Waals surface area contributed by atoms with Crippen molar-refractivity contribution in [2.75, 3.05) is 13.2 Å². The second-order valence-electron chi connectivity index (χ2n) is 4.90. The van der Waals surface area contributed by atoms with Gasteiger partial charge in [0.1, 0.15) is 5.52 Å². The number of para-hydroxylation sites is 1. The Morgan fingerprint density at radius 2 is 2.05 bits per heavy atom. The van der Waals surface area contributed by atoms with Crippen molar-refractivity contribution in [3.05, 3.63) is 36.2 Å². The maximum absolute atomic E-state index is 12.7. The van der Waals surface area contributed by atoms with Gasteiger partial charge < -0.3 is 10.0 Å². The van der Waals surface area contributed by atoms with Crippen molar-refractivity contribution in [1.82, 2.24) is 14.9 Å². The zero-order valence-corrected chi connectivity index (χ0v) is 11.8. The second kappa shape index (κ2) is 6.43. The van der Waals surface area contributed by atoms with Gasteiger partial charge in [0.15, 0.2) is 0 Å². The number of hydrogen-bond donors (Lipinski definition) is 1. The first kappa shape index (κ1) is 14.4. The van der Waals surface area contributed by atoms with Crippen LogP contribution >= 0.6 is 0 Å². The van der Waals surface area contributed by atoms with E-state index in [9.17, 15) is 4.79 Å². The standard InChI is InChI=1S/C15H19N3O2/c1-11(2)18(9-4-10-19)15(20)12-5-3-6-13-14(12)17-8-7-16-13/h3,5-8,11,19H,4,9-10H2,1-2H3. The molecule has 0 aliphatic rings. The molecule has 0 unspecified atom stereocenters. The molecular weight excluding hydrogens is 254 g/mol. The number of aliphatic hydroxyl groups is 1. The Morgan fingerprint density at radius 3 is 2.75 bits per heavy atom. The highest BCUT2D eigenvalue weighted by molar-refractivity contribution is 6.04. The molecule has 5 nitrogen and oxygen atoms in total. The van der Waals surface area contributed by atoms with Crippen LogP contribution in [0.3, 0.4) is 0 Å². The van der Waals surface area contributed by atoms with Crippen LogP contribution in [0.5, 0.6) is 0 Å². The fourth-order valence-corrected chi connectivity index (χ4v) is 2.16. The Bertz CT molecular complexity index is 593. The SMILES string of the molecule is CC(C)N(CCCO)C(=O)c1cccc2nccnc12. The van der Waals surface area contributed by atoms with E-state index in [0.717, 1.165) is 0 Å². The Hall–Kier alpha value is -2.01. The molecule has 1 aromatic heterocycles. The Kier molecular flexibility index (Phi) is 4.63. The lowest BCUT2D eigenvalue weighted by Gasteiger charge is -2.26. The van der Waals surface area contributed by atoms with Gasteiger partial charge in [-0.05, 0) is 32.4 Å². The van der Waals surface area contributed by atoms with Gasteiger partial charge in [0.2, 0.25) is 0 Å². The third-order valence-electron chi connectivity index (χ3n) is 3.17. The summed E-state index contributed by atoms with van der Waals surface area (Å²) in [5.41, 5.74) is 1.89. The van der Waals surface area contributed by atoms with Crippen molar-refractivity contribution in [3.8, 4) is 0 Å². The lowest BCUT2D eigenvalue weighted by Crippen LogP contribution is -2.38. The van der Waals surface area contributed by atoms with Gasteiger partial charge in [-0.1, -0.05) is 6.07 Å². The van der Waals surface area contributed by atoms with Gasteiger partial charge in [-0.25, -0.2) is 0 Å². The van der Waals surface area contributed by atoms with Gasteiger partial charge in [-0.3, -0.25) is 14.8 Å². The summed E-state index contributed by atoms with van der Waals surface area (Å²) in [6.07, 6.45) is 3.77. The van der Waals surface area contributed by atoms with Gasteiger partial charge in [-0.15, -0.1) is 0 Å². The summed E-state index contributed by atoms with van der Waals surface area (Å²) in [6, 6.07) is 5.50. The summed E-state index contributed by atoms with van der Waals surface area (Å²) in [5, 5.41) is 8.96. The predicted octanol–water partition coefficient (Wildman–Crippen LogP) is 1.86. The molecule has 106 valence electrons. The first-order valence-electron chi connectivity index (χ1n) is 6.76. The second-order valence-corrected chi connectivity index (χ2v) is 4.90. The van der Waals surface area contributed by atoms with E-state index in [2.05, 4.69) is 9.97 Å². The Balaban J connectivity index is 2.38. The third-order valence-corrected chi connectivity index (χ3v) is 3.17. The molecule has 0 fully saturated rings. The molecule has 1 N–H and O–H groups in total. The number of aromatic nitrogens is 2. The van der Waals surface area contributed by atoms with Crippen LogP contribution in [-0.4, -0.2) is 45.1 Å². The fraction of sp³-hybridized carbons (Fsp3) is 0.400. The van der Waals surface area contributed by atoms with E-state index < -0.39 is 0 Å². The number of hydrogen-bond acceptors (Lipinski definition) is 4. The minimum Gasteiger partial charge on any atom is -0.396 e. The molecule has 0 aliphatic heterocycles. The number of nitrogens with zero attached hydrogens (tertiary/aromatic N) is 3. The topological polar surface area (TPSA) is 66.3 Å². The summed E-state index contributed by atoms with van der Waals surface area (Å²) in [4.78, 5) is 22.9. The molecule has 0 saturated heterocycles. The van der Waals surface area contributed by atoms with Crippen molar-refractivity contribution in [2.24, 2.45) is 0 Å². The van der Waals surface area contributed by atoms with Crippen LogP contribution in [0, 0.1) is 0 Å². The van der Waals surface area contributed by atoms with Gasteiger partial charge in [0.25, 0.3) is 5.91 Å². The summed E-state index contributed by atoms with van der Waals surface area (Å²) in [6.45, 7) is 4.54. The minimum absolute atomic E-state index is 0.0699. The van der Waals surface area contributed by atoms with Crippen molar-refractivity contribution in [3.63, 3.8) is 0 Å². The first-order valence-corrected chi connectivity index (χ1v) is 6.76. The zero-order valence-electron chi connectivity index (χ0n) is 11.8. The van der Waals surface area contributed by atoms with Crippen LogP contribution < -0.4 is 0 Å². The lowest BCUT2D eigenvalue weighted by molar-refractivity contribution is 0.0695. The number of fused-ring (bicyclic) bond motifs is 1. The van der Waals surface area contributed by atoms with Crippen LogP contribution in [0.25, 0.3) is 11.0 Å². The monoisotopic (exact) mass is 273 g/mol. The quantitative estimate of drug-likeness (QED) is 0.903. The van der Waals surface area contributed by atoms with Crippen molar-refractivity contribution in [1.29, 1.82) is 0 Å². The Labute approximate surface area is 118 Å². The van der Waals surface area contributed by atoms with Crippen LogP contribution in [-0.2, 0) is 0 Å². The number of carbonyl (C=O) groups is 1. The van der Waals surface area contributed by atoms with Gasteiger partial charge in [-0.2, -0.15) is 0 Å². The molecule has 0 spiro atoms. The van der Waals surface area contributed by atoms with E-state index in [1.54, 1.807) is 23.4 Å². The van der Waals surface area contributed by atoms with Crippen LogP contribution in [0.2, 0.25) is 0 Å². The van der Waals surface area contributed by atoms with Crippen molar-refractivity contribution in [2.45, 2.75) is 26.3 Å². The molecule has 1 heterocycles. The third kappa shape index (κ3) is 2.93. The van der Waals surface area contributed by atoms with Crippen LogP contribution in [0.4, 0.5) is 0 Å². The number of rotatable bonds is 5. The smallest absolute Gasteiger partial charge is 0.256 e. The summed E-state index contributed by atoms with van der Waals surface area (Å²) >= 11 is 0.